The first-order chi connectivity index (χ1) is 11.4. The lowest BCUT2D eigenvalue weighted by atomic mass is 10.0. The van der Waals surface area contributed by atoms with E-state index in [0.29, 0.717) is 5.75 Å². The molecule has 0 unspecified atom stereocenters. The molecule has 132 valence electrons. The third-order valence-corrected chi connectivity index (χ3v) is 5.58. The summed E-state index contributed by atoms with van der Waals surface area (Å²) in [5.41, 5.74) is 0.189. The Morgan fingerprint density at radius 1 is 1.25 bits per heavy atom. The monoisotopic (exact) mass is 353 g/mol. The fourth-order valence-corrected chi connectivity index (χ4v) is 3.69. The number of likely N-dealkylation sites (tertiary alicyclic amines) is 1. The van der Waals surface area contributed by atoms with E-state index in [1.54, 1.807) is 0 Å². The topological polar surface area (TPSA) is 102 Å². The quantitative estimate of drug-likeness (QED) is 0.811. The Hall–Kier alpha value is -1.64. The SMILES string of the molecule is COc1ccc(S(N)(=O)=O)cc1C(=O)NC1CCN(C2CC2)CC1. The molecule has 2 aliphatic rings. The van der Waals surface area contributed by atoms with Crippen LogP contribution in [0.15, 0.2) is 23.1 Å². The highest BCUT2D eigenvalue weighted by Crippen LogP contribution is 2.29. The van der Waals surface area contributed by atoms with Gasteiger partial charge in [0.05, 0.1) is 17.6 Å². The number of carbonyl (C=O) groups excluding carboxylic acids is 1. The van der Waals surface area contributed by atoms with Crippen molar-refractivity contribution in [3.63, 3.8) is 0 Å². The van der Waals surface area contributed by atoms with Crippen LogP contribution in [0.2, 0.25) is 0 Å². The number of piperidine rings is 1. The van der Waals surface area contributed by atoms with Crippen LogP contribution in [-0.4, -0.2) is 51.5 Å². The van der Waals surface area contributed by atoms with Crippen molar-refractivity contribution in [1.29, 1.82) is 0 Å². The third-order valence-electron chi connectivity index (χ3n) is 4.67. The summed E-state index contributed by atoms with van der Waals surface area (Å²) in [7, 11) is -2.43. The van der Waals surface area contributed by atoms with Crippen molar-refractivity contribution in [2.45, 2.75) is 42.7 Å². The second kappa shape index (κ2) is 6.70. The maximum Gasteiger partial charge on any atom is 0.255 e. The van der Waals surface area contributed by atoms with Gasteiger partial charge < -0.3 is 15.0 Å². The Morgan fingerprint density at radius 3 is 2.46 bits per heavy atom. The van der Waals surface area contributed by atoms with Gasteiger partial charge in [0.2, 0.25) is 10.0 Å². The Bertz CT molecular complexity index is 723. The minimum absolute atomic E-state index is 0.0929. The fourth-order valence-electron chi connectivity index (χ4n) is 3.15. The minimum atomic E-state index is -3.87. The first kappa shape index (κ1) is 17.2. The second-order valence-electron chi connectivity index (χ2n) is 6.42. The molecule has 3 N–H and O–H groups in total. The number of ether oxygens (including phenoxy) is 1. The van der Waals surface area contributed by atoms with E-state index in [1.807, 2.05) is 0 Å². The van der Waals surface area contributed by atoms with Crippen LogP contribution in [0.4, 0.5) is 0 Å². The molecule has 7 nitrogen and oxygen atoms in total. The molecular weight excluding hydrogens is 330 g/mol. The number of sulfonamides is 1. The van der Waals surface area contributed by atoms with Crippen molar-refractivity contribution in [3.8, 4) is 5.75 Å². The van der Waals surface area contributed by atoms with Gasteiger partial charge in [-0.3, -0.25) is 4.79 Å². The summed E-state index contributed by atoms with van der Waals surface area (Å²) in [6.07, 6.45) is 4.38. The van der Waals surface area contributed by atoms with E-state index in [1.165, 1.54) is 38.2 Å². The normalized spacial score (nSPS) is 19.9. The van der Waals surface area contributed by atoms with Gasteiger partial charge in [0.25, 0.3) is 5.91 Å². The maximum absolute atomic E-state index is 12.6. The molecule has 1 aromatic rings. The summed E-state index contributed by atoms with van der Waals surface area (Å²) < 4.78 is 28.2. The summed E-state index contributed by atoms with van der Waals surface area (Å²) >= 11 is 0. The summed E-state index contributed by atoms with van der Waals surface area (Å²) in [5, 5.41) is 8.13. The summed E-state index contributed by atoms with van der Waals surface area (Å²) in [4.78, 5) is 14.9. The van der Waals surface area contributed by atoms with Crippen LogP contribution in [0, 0.1) is 0 Å². The zero-order valence-corrected chi connectivity index (χ0v) is 14.5. The summed E-state index contributed by atoms with van der Waals surface area (Å²) in [5.74, 6) is -0.00228. The molecule has 24 heavy (non-hydrogen) atoms. The minimum Gasteiger partial charge on any atom is -0.496 e. The lowest BCUT2D eigenvalue weighted by molar-refractivity contribution is 0.0906. The van der Waals surface area contributed by atoms with E-state index in [9.17, 15) is 13.2 Å². The number of nitrogens with two attached hydrogens (primary N) is 1. The van der Waals surface area contributed by atoms with Crippen molar-refractivity contribution in [3.05, 3.63) is 23.8 Å². The lowest BCUT2D eigenvalue weighted by Gasteiger charge is -2.32. The molecule has 1 amide bonds. The van der Waals surface area contributed by atoms with Gasteiger partial charge in [0, 0.05) is 25.2 Å². The second-order valence-corrected chi connectivity index (χ2v) is 7.98. The van der Waals surface area contributed by atoms with Crippen molar-refractivity contribution >= 4 is 15.9 Å². The van der Waals surface area contributed by atoms with E-state index in [-0.39, 0.29) is 22.4 Å². The fraction of sp³-hybridized carbons (Fsp3) is 0.562. The molecule has 1 aliphatic heterocycles. The smallest absolute Gasteiger partial charge is 0.255 e. The molecule has 8 heteroatoms. The van der Waals surface area contributed by atoms with Crippen LogP contribution >= 0.6 is 0 Å². The van der Waals surface area contributed by atoms with E-state index >= 15 is 0 Å². The van der Waals surface area contributed by atoms with Crippen molar-refractivity contribution in [1.82, 2.24) is 10.2 Å². The van der Waals surface area contributed by atoms with Gasteiger partial charge in [-0.2, -0.15) is 0 Å². The Morgan fingerprint density at radius 2 is 1.92 bits per heavy atom. The highest BCUT2D eigenvalue weighted by atomic mass is 32.2. The van der Waals surface area contributed by atoms with Gasteiger partial charge in [0.1, 0.15) is 5.75 Å². The summed E-state index contributed by atoms with van der Waals surface area (Å²) in [6.45, 7) is 1.98. The molecule has 0 atom stereocenters. The molecule has 1 heterocycles. The number of rotatable bonds is 5. The lowest BCUT2D eigenvalue weighted by Crippen LogP contribution is -2.45. The number of benzene rings is 1. The average molecular weight is 353 g/mol. The first-order valence-electron chi connectivity index (χ1n) is 8.14. The van der Waals surface area contributed by atoms with Gasteiger partial charge in [-0.05, 0) is 43.9 Å². The predicted molar refractivity (Wildman–Crippen MR) is 89.5 cm³/mol. The molecule has 3 rings (SSSR count). The standard InChI is InChI=1S/C16H23N3O4S/c1-23-15-5-4-13(24(17,21)22)10-14(15)16(20)18-11-6-8-19(9-7-11)12-2-3-12/h4-5,10-12H,2-3,6-9H2,1H3,(H,18,20)(H2,17,21,22). The predicted octanol–water partition coefficient (Wildman–Crippen LogP) is 0.699. The maximum atomic E-state index is 12.6. The Labute approximate surface area is 142 Å². The van der Waals surface area contributed by atoms with E-state index in [4.69, 9.17) is 9.88 Å². The highest BCUT2D eigenvalue weighted by molar-refractivity contribution is 7.89. The van der Waals surface area contributed by atoms with E-state index in [2.05, 4.69) is 10.2 Å². The first-order valence-corrected chi connectivity index (χ1v) is 9.69. The van der Waals surface area contributed by atoms with Crippen LogP contribution in [-0.2, 0) is 10.0 Å². The van der Waals surface area contributed by atoms with Crippen LogP contribution in [0.5, 0.6) is 5.75 Å². The number of nitrogens with one attached hydrogen (secondary N) is 1. The number of nitrogens with zero attached hydrogens (tertiary/aromatic N) is 1. The van der Waals surface area contributed by atoms with Gasteiger partial charge in [-0.25, -0.2) is 13.6 Å². The molecule has 0 radical (unpaired) electrons. The van der Waals surface area contributed by atoms with Gasteiger partial charge in [-0.1, -0.05) is 0 Å². The highest BCUT2D eigenvalue weighted by Gasteiger charge is 2.32. The van der Waals surface area contributed by atoms with Crippen molar-refractivity contribution < 1.29 is 17.9 Å². The van der Waals surface area contributed by atoms with Gasteiger partial charge >= 0.3 is 0 Å². The van der Waals surface area contributed by atoms with Gasteiger partial charge in [-0.15, -0.1) is 0 Å². The van der Waals surface area contributed by atoms with Crippen molar-refractivity contribution in [2.75, 3.05) is 20.2 Å². The summed E-state index contributed by atoms with van der Waals surface area (Å²) in [6, 6.07) is 4.88. The molecule has 1 saturated carbocycles. The third kappa shape index (κ3) is 3.88. The van der Waals surface area contributed by atoms with Crippen LogP contribution < -0.4 is 15.2 Å². The largest absolute Gasteiger partial charge is 0.496 e. The molecule has 1 saturated heterocycles. The molecule has 1 aliphatic carbocycles. The van der Waals surface area contributed by atoms with Gasteiger partial charge in [0.15, 0.2) is 0 Å². The molecule has 2 fully saturated rings. The molecule has 1 aromatic carbocycles. The number of amides is 1. The van der Waals surface area contributed by atoms with Crippen LogP contribution in [0.25, 0.3) is 0 Å². The molecule has 0 spiro atoms. The number of methoxy groups -OCH3 is 1. The van der Waals surface area contributed by atoms with E-state index in [0.717, 1.165) is 32.0 Å². The number of hydrogen-bond donors (Lipinski definition) is 2. The number of hydrogen-bond acceptors (Lipinski definition) is 5. The molecule has 0 aromatic heterocycles. The number of carbonyl (C=O) groups is 1. The zero-order chi connectivity index (χ0) is 17.3. The zero-order valence-electron chi connectivity index (χ0n) is 13.7. The molecule has 0 bridgehead atoms. The molecular formula is C16H23N3O4S. The number of primary sulfonamides is 1. The Balaban J connectivity index is 1.69. The average Bonchev–Trinajstić information content (AvgIpc) is 3.39. The van der Waals surface area contributed by atoms with E-state index < -0.39 is 10.0 Å². The van der Waals surface area contributed by atoms with Crippen molar-refractivity contribution in [2.24, 2.45) is 5.14 Å². The Kier molecular flexibility index (Phi) is 4.80. The van der Waals surface area contributed by atoms with Crippen LogP contribution in [0.3, 0.4) is 0 Å². The van der Waals surface area contributed by atoms with Crippen LogP contribution in [0.1, 0.15) is 36.0 Å².